The molecule has 0 saturated carbocycles. The van der Waals surface area contributed by atoms with Gasteiger partial charge in [-0.3, -0.25) is 4.79 Å². The minimum absolute atomic E-state index is 0. The number of hydrogen-bond donors (Lipinski definition) is 2. The van der Waals surface area contributed by atoms with Crippen LogP contribution in [0.2, 0.25) is 0 Å². The van der Waals surface area contributed by atoms with E-state index in [-0.39, 0.29) is 64.7 Å². The van der Waals surface area contributed by atoms with E-state index in [0.717, 1.165) is 5.56 Å². The van der Waals surface area contributed by atoms with Gasteiger partial charge in [0.25, 0.3) is 5.56 Å². The van der Waals surface area contributed by atoms with Gasteiger partial charge in [0.2, 0.25) is 0 Å². The first kappa shape index (κ1) is 28.8. The third kappa shape index (κ3) is 7.39. The molecule has 2 aromatic heterocycles. The standard InChI is InChI=1S/C21H21N5O5.2Na/c1-12-10-26(2)20(30)18(19(12)29)25-21(31)24-16(7-17(27)28)14-5-3-4-13(6-14)15-8-22-11-23-9-15;;/h3-6,8-11,16,29H,7H2,1-2H3,(H,27,28)(H2,24,25,31);;/q;2*+1/p-2. The van der Waals surface area contributed by atoms with Crippen molar-refractivity contribution in [1.82, 2.24) is 19.9 Å². The number of carbonyl (C=O) groups excluding carboxylic acids is 2. The van der Waals surface area contributed by atoms with E-state index in [1.807, 2.05) is 0 Å². The number of nitrogens with one attached hydrogen (secondary N) is 2. The molecule has 160 valence electrons. The van der Waals surface area contributed by atoms with Crippen LogP contribution >= 0.6 is 0 Å². The molecule has 12 heteroatoms. The van der Waals surface area contributed by atoms with Crippen molar-refractivity contribution in [1.29, 1.82) is 0 Å². The fourth-order valence-corrected chi connectivity index (χ4v) is 3.10. The molecule has 2 N–H and O–H groups in total. The molecule has 3 aromatic rings. The van der Waals surface area contributed by atoms with Gasteiger partial charge in [0.15, 0.2) is 0 Å². The molecule has 10 nitrogen and oxygen atoms in total. The number of carboxylic acids is 1. The summed E-state index contributed by atoms with van der Waals surface area (Å²) in [6.07, 6.45) is 5.44. The summed E-state index contributed by atoms with van der Waals surface area (Å²) < 4.78 is 1.18. The summed E-state index contributed by atoms with van der Waals surface area (Å²) in [5.41, 5.74) is 1.11. The van der Waals surface area contributed by atoms with Crippen LogP contribution in [0.4, 0.5) is 10.5 Å². The van der Waals surface area contributed by atoms with Crippen molar-refractivity contribution in [3.8, 4) is 16.9 Å². The minimum Gasteiger partial charge on any atom is -0.871 e. The molecule has 0 spiro atoms. The fraction of sp³-hybridized carbons (Fsp3) is 0.190. The average molecular weight is 467 g/mol. The zero-order valence-electron chi connectivity index (χ0n) is 18.8. The van der Waals surface area contributed by atoms with Gasteiger partial charge in [-0.2, -0.15) is 0 Å². The predicted octanol–water partition coefficient (Wildman–Crippen LogP) is -5.76. The zero-order valence-corrected chi connectivity index (χ0v) is 22.8. The summed E-state index contributed by atoms with van der Waals surface area (Å²) in [5.74, 6) is -1.99. The number of aliphatic carboxylic acids is 1. The maximum atomic E-state index is 12.5. The smallest absolute Gasteiger partial charge is 0.871 e. The van der Waals surface area contributed by atoms with Crippen molar-refractivity contribution < 1.29 is 78.9 Å². The van der Waals surface area contributed by atoms with E-state index in [1.54, 1.807) is 36.7 Å². The Hall–Kier alpha value is -2.21. The third-order valence-corrected chi connectivity index (χ3v) is 4.60. The van der Waals surface area contributed by atoms with Crippen LogP contribution in [-0.4, -0.2) is 26.5 Å². The van der Waals surface area contributed by atoms with Crippen LogP contribution in [0.3, 0.4) is 0 Å². The van der Waals surface area contributed by atoms with Gasteiger partial charge in [0, 0.05) is 43.6 Å². The molecule has 1 aromatic carbocycles. The maximum Gasteiger partial charge on any atom is 1.00 e. The molecule has 1 unspecified atom stereocenters. The summed E-state index contributed by atoms with van der Waals surface area (Å²) >= 11 is 0. The SMILES string of the molecule is Cc1cn(C)c(=O)c(NC(=O)NC(CC(=O)[O-])c2cccc(-c3cncnc3)c2)c1[O-].[Na+].[Na+]. The summed E-state index contributed by atoms with van der Waals surface area (Å²) in [6.45, 7) is 1.52. The van der Waals surface area contributed by atoms with Crippen molar-refractivity contribution in [2.24, 2.45) is 7.05 Å². The first-order chi connectivity index (χ1) is 14.8. The Morgan fingerprint density at radius 3 is 2.45 bits per heavy atom. The van der Waals surface area contributed by atoms with E-state index in [2.05, 4.69) is 20.6 Å². The number of aromatic nitrogens is 3. The van der Waals surface area contributed by atoms with Crippen LogP contribution in [0.25, 0.3) is 11.1 Å². The number of hydrogen-bond acceptors (Lipinski definition) is 7. The number of nitrogens with zero attached hydrogens (tertiary/aromatic N) is 3. The Bertz CT molecular complexity index is 1190. The molecule has 0 radical (unpaired) electrons. The molecule has 0 saturated heterocycles. The Morgan fingerprint density at radius 2 is 1.82 bits per heavy atom. The van der Waals surface area contributed by atoms with Crippen LogP contribution < -0.4 is 85.5 Å². The predicted molar refractivity (Wildman–Crippen MR) is 108 cm³/mol. The van der Waals surface area contributed by atoms with Gasteiger partial charge >= 0.3 is 65.1 Å². The largest absolute Gasteiger partial charge is 1.00 e. The second-order valence-electron chi connectivity index (χ2n) is 6.91. The van der Waals surface area contributed by atoms with E-state index in [9.17, 15) is 24.6 Å². The van der Waals surface area contributed by atoms with E-state index in [0.29, 0.717) is 11.1 Å². The molecule has 2 heterocycles. The van der Waals surface area contributed by atoms with Gasteiger partial charge in [-0.25, -0.2) is 14.8 Å². The minimum atomic E-state index is -1.38. The van der Waals surface area contributed by atoms with Gasteiger partial charge in [-0.05, 0) is 29.7 Å². The number of pyridine rings is 1. The van der Waals surface area contributed by atoms with E-state index in [4.69, 9.17) is 0 Å². The number of benzene rings is 1. The number of carboxylic acid groups (broad SMARTS) is 1. The number of aryl methyl sites for hydroxylation is 2. The zero-order chi connectivity index (χ0) is 22.5. The molecular formula is C21H19N5Na2O5. The summed E-state index contributed by atoms with van der Waals surface area (Å²) in [6, 6.07) is 4.96. The Labute approximate surface area is 234 Å². The third-order valence-electron chi connectivity index (χ3n) is 4.60. The van der Waals surface area contributed by atoms with Crippen LogP contribution in [0.15, 0.2) is 54.0 Å². The van der Waals surface area contributed by atoms with Gasteiger partial charge in [-0.1, -0.05) is 23.9 Å². The molecular weight excluding hydrogens is 448 g/mol. The molecule has 2 amide bonds. The number of rotatable bonds is 6. The topological polar surface area (TPSA) is 152 Å². The van der Waals surface area contributed by atoms with Crippen molar-refractivity contribution >= 4 is 17.7 Å². The van der Waals surface area contributed by atoms with E-state index >= 15 is 0 Å². The number of amides is 2. The summed E-state index contributed by atoms with van der Waals surface area (Å²) in [4.78, 5) is 43.9. The van der Waals surface area contributed by atoms with Crippen molar-refractivity contribution in [2.75, 3.05) is 5.32 Å². The Morgan fingerprint density at radius 1 is 1.15 bits per heavy atom. The van der Waals surface area contributed by atoms with Gasteiger partial charge in [0.05, 0.1) is 6.04 Å². The molecule has 0 aliphatic rings. The maximum absolute atomic E-state index is 12.5. The molecule has 3 rings (SSSR count). The van der Waals surface area contributed by atoms with Crippen LogP contribution in [0.1, 0.15) is 23.6 Å². The number of anilines is 1. The second kappa shape index (κ2) is 12.9. The first-order valence-corrected chi connectivity index (χ1v) is 9.26. The van der Waals surface area contributed by atoms with Crippen LogP contribution in [0.5, 0.6) is 5.75 Å². The van der Waals surface area contributed by atoms with E-state index in [1.165, 1.54) is 31.1 Å². The molecule has 0 bridgehead atoms. The van der Waals surface area contributed by atoms with Gasteiger partial charge in [0.1, 0.15) is 12.0 Å². The molecule has 0 fully saturated rings. The van der Waals surface area contributed by atoms with Gasteiger partial charge < -0.3 is 30.2 Å². The van der Waals surface area contributed by atoms with Crippen LogP contribution in [0, 0.1) is 6.92 Å². The molecule has 1 atom stereocenters. The normalized spacial score (nSPS) is 10.8. The summed E-state index contributed by atoms with van der Waals surface area (Å²) in [5, 5.41) is 28.3. The summed E-state index contributed by atoms with van der Waals surface area (Å²) in [7, 11) is 1.45. The fourth-order valence-electron chi connectivity index (χ4n) is 3.10. The Kier molecular flexibility index (Phi) is 11.2. The van der Waals surface area contributed by atoms with Crippen molar-refractivity contribution in [3.05, 3.63) is 70.7 Å². The van der Waals surface area contributed by atoms with Crippen molar-refractivity contribution in [2.45, 2.75) is 19.4 Å². The van der Waals surface area contributed by atoms with Crippen molar-refractivity contribution in [3.63, 3.8) is 0 Å². The average Bonchev–Trinajstić information content (AvgIpc) is 2.75. The molecule has 33 heavy (non-hydrogen) atoms. The molecule has 0 aliphatic heterocycles. The second-order valence-corrected chi connectivity index (χ2v) is 6.91. The first-order valence-electron chi connectivity index (χ1n) is 9.26. The molecule has 0 aliphatic carbocycles. The number of urea groups is 1. The quantitative estimate of drug-likeness (QED) is 0.343. The Balaban J connectivity index is 0.00000272. The monoisotopic (exact) mass is 467 g/mol. The van der Waals surface area contributed by atoms with Crippen LogP contribution in [-0.2, 0) is 11.8 Å². The number of carbonyl (C=O) groups is 2. The van der Waals surface area contributed by atoms with E-state index < -0.39 is 41.5 Å². The van der Waals surface area contributed by atoms with Gasteiger partial charge in [-0.15, -0.1) is 0 Å².